The van der Waals surface area contributed by atoms with Gasteiger partial charge in [0.15, 0.2) is 23.9 Å². The summed E-state index contributed by atoms with van der Waals surface area (Å²) in [6, 6.07) is 8.31. The van der Waals surface area contributed by atoms with Gasteiger partial charge in [-0.3, -0.25) is 5.41 Å². The predicted molar refractivity (Wildman–Crippen MR) is 118 cm³/mol. The molecule has 0 aliphatic carbocycles. The van der Waals surface area contributed by atoms with E-state index in [4.69, 9.17) is 30.1 Å². The summed E-state index contributed by atoms with van der Waals surface area (Å²) in [5.74, 6) is -1.13. The molecule has 3 rings (SSSR count). The monoisotopic (exact) mass is 445 g/mol. The minimum Gasteiger partial charge on any atom is -0.494 e. The second-order valence-corrected chi connectivity index (χ2v) is 7.14. The largest absolute Gasteiger partial charge is 0.494 e. The van der Waals surface area contributed by atoms with E-state index < -0.39 is 24.1 Å². The summed E-state index contributed by atoms with van der Waals surface area (Å²) in [6.45, 7) is 4.52. The Morgan fingerprint density at radius 2 is 2.03 bits per heavy atom. The fourth-order valence-electron chi connectivity index (χ4n) is 3.32. The molecule has 2 aromatic carbocycles. The Morgan fingerprint density at radius 3 is 2.62 bits per heavy atom. The summed E-state index contributed by atoms with van der Waals surface area (Å²) in [4.78, 5) is 12.8. The third kappa shape index (κ3) is 5.67. The third-order valence-corrected chi connectivity index (χ3v) is 4.84. The average Bonchev–Trinajstić information content (AvgIpc) is 3.28. The quantitative estimate of drug-likeness (QED) is 0.290. The summed E-state index contributed by atoms with van der Waals surface area (Å²) in [5.41, 5.74) is 6.57. The van der Waals surface area contributed by atoms with Crippen LogP contribution in [0.25, 0.3) is 0 Å². The molecular weight excluding hydrogens is 417 g/mol. The SMILES string of the molecule is CCOC(=O)[C@@H](Nc1ccc(C(=N)N)cc1)c1cc(OCC)cc(OC2CCCO2)c1F. The smallest absolute Gasteiger partial charge is 0.333 e. The van der Waals surface area contributed by atoms with Crippen molar-refractivity contribution in [3.8, 4) is 11.5 Å². The number of hydrogen-bond acceptors (Lipinski definition) is 7. The standard InChI is InChI=1S/C23H28FN3O5/c1-3-29-16-12-17(20(24)18(13-16)32-19-6-5-11-31-19)21(23(28)30-4-2)27-15-9-7-14(8-10-15)22(25)26/h7-10,12-13,19,21,27H,3-6,11H2,1-2H3,(H3,25,26)/t19?,21-/m0/s1. The minimum atomic E-state index is -1.16. The fraction of sp³-hybridized carbons (Fsp3) is 0.391. The molecule has 8 nitrogen and oxygen atoms in total. The topological polar surface area (TPSA) is 116 Å². The van der Waals surface area contributed by atoms with E-state index in [0.717, 1.165) is 6.42 Å². The van der Waals surface area contributed by atoms with Crippen molar-refractivity contribution >= 4 is 17.5 Å². The maximum atomic E-state index is 15.5. The lowest BCUT2D eigenvalue weighted by molar-refractivity contribution is -0.144. The minimum absolute atomic E-state index is 0.0260. The first-order valence-electron chi connectivity index (χ1n) is 10.5. The normalized spacial score (nSPS) is 16.3. The summed E-state index contributed by atoms with van der Waals surface area (Å²) in [5, 5.41) is 10.5. The Kier molecular flexibility index (Phi) is 7.88. The van der Waals surface area contributed by atoms with E-state index in [2.05, 4.69) is 5.32 Å². The van der Waals surface area contributed by atoms with Crippen molar-refractivity contribution in [3.05, 3.63) is 53.3 Å². The highest BCUT2D eigenvalue weighted by Gasteiger charge is 2.29. The van der Waals surface area contributed by atoms with Crippen molar-refractivity contribution in [1.82, 2.24) is 0 Å². The zero-order valence-electron chi connectivity index (χ0n) is 18.2. The molecule has 1 aliphatic heterocycles. The van der Waals surface area contributed by atoms with Crippen molar-refractivity contribution in [3.63, 3.8) is 0 Å². The second kappa shape index (κ2) is 10.8. The number of ether oxygens (including phenoxy) is 4. The van der Waals surface area contributed by atoms with Crippen LogP contribution in [0.3, 0.4) is 0 Å². The molecule has 1 heterocycles. The van der Waals surface area contributed by atoms with Gasteiger partial charge < -0.3 is 30.0 Å². The lowest BCUT2D eigenvalue weighted by atomic mass is 10.0. The van der Waals surface area contributed by atoms with Crippen LogP contribution in [0, 0.1) is 11.2 Å². The Morgan fingerprint density at radius 1 is 1.28 bits per heavy atom. The highest BCUT2D eigenvalue weighted by molar-refractivity contribution is 5.95. The number of hydrogen-bond donors (Lipinski definition) is 3. The maximum absolute atomic E-state index is 15.5. The van der Waals surface area contributed by atoms with Crippen molar-refractivity contribution in [2.24, 2.45) is 5.73 Å². The summed E-state index contributed by atoms with van der Waals surface area (Å²) >= 11 is 0. The van der Waals surface area contributed by atoms with Gasteiger partial charge in [0.2, 0.25) is 0 Å². The molecule has 1 saturated heterocycles. The number of esters is 1. The molecule has 0 amide bonds. The molecule has 0 saturated carbocycles. The molecule has 0 aromatic heterocycles. The predicted octanol–water partition coefficient (Wildman–Crippen LogP) is 3.74. The van der Waals surface area contributed by atoms with Crippen LogP contribution in [0.5, 0.6) is 11.5 Å². The van der Waals surface area contributed by atoms with Gasteiger partial charge in [0, 0.05) is 29.3 Å². The molecular formula is C23H28FN3O5. The van der Waals surface area contributed by atoms with E-state index in [1.54, 1.807) is 38.1 Å². The van der Waals surface area contributed by atoms with E-state index >= 15 is 4.39 Å². The third-order valence-electron chi connectivity index (χ3n) is 4.84. The van der Waals surface area contributed by atoms with Gasteiger partial charge in [0.05, 0.1) is 19.8 Å². The van der Waals surface area contributed by atoms with Crippen molar-refractivity contribution in [2.45, 2.75) is 39.0 Å². The zero-order valence-corrected chi connectivity index (χ0v) is 18.2. The lowest BCUT2D eigenvalue weighted by Crippen LogP contribution is -2.25. The molecule has 172 valence electrons. The van der Waals surface area contributed by atoms with Gasteiger partial charge >= 0.3 is 5.97 Å². The molecule has 0 bridgehead atoms. The Bertz CT molecular complexity index is 945. The summed E-state index contributed by atoms with van der Waals surface area (Å²) in [7, 11) is 0. The molecule has 0 spiro atoms. The summed E-state index contributed by atoms with van der Waals surface area (Å²) < 4.78 is 37.5. The van der Waals surface area contributed by atoms with Crippen LogP contribution in [0.1, 0.15) is 43.9 Å². The van der Waals surface area contributed by atoms with Crippen LogP contribution < -0.4 is 20.5 Å². The number of amidine groups is 1. The van der Waals surface area contributed by atoms with Crippen molar-refractivity contribution in [1.29, 1.82) is 5.41 Å². The van der Waals surface area contributed by atoms with E-state index in [0.29, 0.717) is 36.6 Å². The highest BCUT2D eigenvalue weighted by atomic mass is 19.1. The Labute approximate surface area is 186 Å². The number of anilines is 1. The number of nitrogens with one attached hydrogen (secondary N) is 2. The van der Waals surface area contributed by atoms with Gasteiger partial charge in [-0.25, -0.2) is 9.18 Å². The van der Waals surface area contributed by atoms with Crippen LogP contribution in [-0.4, -0.2) is 37.9 Å². The van der Waals surface area contributed by atoms with Gasteiger partial charge in [-0.1, -0.05) is 0 Å². The second-order valence-electron chi connectivity index (χ2n) is 7.14. The molecule has 1 unspecified atom stereocenters. The average molecular weight is 445 g/mol. The van der Waals surface area contributed by atoms with Crippen LogP contribution >= 0.6 is 0 Å². The van der Waals surface area contributed by atoms with Crippen LogP contribution in [0.2, 0.25) is 0 Å². The van der Waals surface area contributed by atoms with Gasteiger partial charge in [-0.2, -0.15) is 0 Å². The zero-order chi connectivity index (χ0) is 23.1. The van der Waals surface area contributed by atoms with E-state index in [-0.39, 0.29) is 23.8 Å². The Hall–Kier alpha value is -3.33. The number of carbonyl (C=O) groups is 1. The number of carbonyl (C=O) groups excluding carboxylic acids is 1. The fourth-order valence-corrected chi connectivity index (χ4v) is 3.32. The van der Waals surface area contributed by atoms with Crippen LogP contribution in [0.15, 0.2) is 36.4 Å². The van der Waals surface area contributed by atoms with Crippen molar-refractivity contribution < 1.29 is 28.1 Å². The first-order chi connectivity index (χ1) is 15.4. The molecule has 2 atom stereocenters. The molecule has 2 aromatic rings. The molecule has 9 heteroatoms. The highest BCUT2D eigenvalue weighted by Crippen LogP contribution is 2.35. The van der Waals surface area contributed by atoms with Gasteiger partial charge in [-0.05, 0) is 50.6 Å². The maximum Gasteiger partial charge on any atom is 0.333 e. The lowest BCUT2D eigenvalue weighted by Gasteiger charge is -2.22. The van der Waals surface area contributed by atoms with Crippen molar-refractivity contribution in [2.75, 3.05) is 25.1 Å². The van der Waals surface area contributed by atoms with Gasteiger partial charge in [0.25, 0.3) is 0 Å². The van der Waals surface area contributed by atoms with E-state index in [1.165, 1.54) is 12.1 Å². The molecule has 1 fully saturated rings. The molecule has 4 N–H and O–H groups in total. The first kappa shape index (κ1) is 23.3. The van der Waals surface area contributed by atoms with Crippen LogP contribution in [0.4, 0.5) is 10.1 Å². The summed E-state index contributed by atoms with van der Waals surface area (Å²) in [6.07, 6.45) is 0.922. The number of nitrogens with two attached hydrogens (primary N) is 1. The Balaban J connectivity index is 1.98. The number of nitrogen functional groups attached to an aromatic ring is 1. The van der Waals surface area contributed by atoms with Gasteiger partial charge in [0.1, 0.15) is 11.6 Å². The van der Waals surface area contributed by atoms with E-state index in [9.17, 15) is 4.79 Å². The number of halogens is 1. The van der Waals surface area contributed by atoms with Gasteiger partial charge in [-0.15, -0.1) is 0 Å². The molecule has 32 heavy (non-hydrogen) atoms. The molecule has 0 radical (unpaired) electrons. The molecule has 1 aliphatic rings. The number of benzene rings is 2. The number of rotatable bonds is 10. The van der Waals surface area contributed by atoms with Crippen LogP contribution in [-0.2, 0) is 14.3 Å². The van der Waals surface area contributed by atoms with E-state index in [1.807, 2.05) is 0 Å². The first-order valence-corrected chi connectivity index (χ1v) is 10.5.